The maximum Gasteiger partial charge on any atom is 0.258 e. The summed E-state index contributed by atoms with van der Waals surface area (Å²) in [6, 6.07) is 18.6. The molecule has 0 atom stereocenters. The number of carbonyl (C=O) groups is 1. The van der Waals surface area contributed by atoms with Gasteiger partial charge >= 0.3 is 0 Å². The monoisotopic (exact) mass is 426 g/mol. The third-order valence-electron chi connectivity index (χ3n) is 4.71. The van der Waals surface area contributed by atoms with Gasteiger partial charge < -0.3 is 10.1 Å². The summed E-state index contributed by atoms with van der Waals surface area (Å²) in [4.78, 5) is 12.4. The lowest BCUT2D eigenvalue weighted by molar-refractivity contribution is -0.123. The zero-order valence-corrected chi connectivity index (χ0v) is 18.0. The van der Waals surface area contributed by atoms with Gasteiger partial charge in [0.15, 0.2) is 6.61 Å². The van der Waals surface area contributed by atoms with Crippen molar-refractivity contribution in [2.75, 3.05) is 13.2 Å². The van der Waals surface area contributed by atoms with E-state index >= 15 is 0 Å². The molecule has 0 unspecified atom stereocenters. The van der Waals surface area contributed by atoms with Gasteiger partial charge in [-0.15, -0.1) is 0 Å². The van der Waals surface area contributed by atoms with Crippen LogP contribution >= 0.6 is 0 Å². The van der Waals surface area contributed by atoms with E-state index in [1.165, 1.54) is 6.07 Å². The van der Waals surface area contributed by atoms with Crippen LogP contribution in [0.1, 0.15) is 24.5 Å². The molecule has 1 amide bonds. The van der Waals surface area contributed by atoms with Crippen molar-refractivity contribution in [2.24, 2.45) is 0 Å². The standard InChI is InChI=1S/C23H26N2O4S/c1-3-13-25-30(27,28)20-11-12-22(17(2)14-20)29-16-23(26)24-15-19-9-6-8-18-7-4-5-10-21(18)19/h4-12,14,25H,3,13,15-16H2,1-2H3,(H,24,26). The molecule has 3 aromatic carbocycles. The number of sulfonamides is 1. The van der Waals surface area contributed by atoms with Gasteiger partial charge in [0.25, 0.3) is 5.91 Å². The molecule has 0 spiro atoms. The predicted octanol–water partition coefficient (Wildman–Crippen LogP) is 3.53. The highest BCUT2D eigenvalue weighted by molar-refractivity contribution is 7.89. The number of amides is 1. The average Bonchev–Trinajstić information content (AvgIpc) is 2.75. The number of benzene rings is 3. The van der Waals surface area contributed by atoms with E-state index in [9.17, 15) is 13.2 Å². The number of nitrogens with one attached hydrogen (secondary N) is 2. The first-order chi connectivity index (χ1) is 14.4. The lowest BCUT2D eigenvalue weighted by Gasteiger charge is -2.12. The van der Waals surface area contributed by atoms with Crippen molar-refractivity contribution in [3.63, 3.8) is 0 Å². The Hall–Kier alpha value is -2.90. The SMILES string of the molecule is CCCNS(=O)(=O)c1ccc(OCC(=O)NCc2cccc3ccccc23)c(C)c1. The number of ether oxygens (including phenoxy) is 1. The normalized spacial score (nSPS) is 11.4. The number of hydrogen-bond donors (Lipinski definition) is 2. The summed E-state index contributed by atoms with van der Waals surface area (Å²) in [7, 11) is -3.54. The van der Waals surface area contributed by atoms with Gasteiger partial charge in [-0.2, -0.15) is 0 Å². The smallest absolute Gasteiger partial charge is 0.258 e. The second-order valence-electron chi connectivity index (χ2n) is 7.03. The molecule has 30 heavy (non-hydrogen) atoms. The van der Waals surface area contributed by atoms with Crippen LogP contribution in [0.3, 0.4) is 0 Å². The highest BCUT2D eigenvalue weighted by Gasteiger charge is 2.15. The van der Waals surface area contributed by atoms with Crippen molar-refractivity contribution in [3.8, 4) is 5.75 Å². The van der Waals surface area contributed by atoms with Crippen LogP contribution in [0.15, 0.2) is 65.6 Å². The zero-order chi connectivity index (χ0) is 21.6. The molecule has 3 rings (SSSR count). The maximum atomic E-state index is 12.2. The molecule has 0 aliphatic heterocycles. The second kappa shape index (κ2) is 9.73. The van der Waals surface area contributed by atoms with Crippen LogP contribution in [0.2, 0.25) is 0 Å². The Morgan fingerprint density at radius 1 is 1.03 bits per heavy atom. The topological polar surface area (TPSA) is 84.5 Å². The van der Waals surface area contributed by atoms with Crippen LogP contribution in [0.25, 0.3) is 10.8 Å². The number of carbonyl (C=O) groups excluding carboxylic acids is 1. The van der Waals surface area contributed by atoms with E-state index < -0.39 is 10.0 Å². The number of hydrogen-bond acceptors (Lipinski definition) is 4. The number of aryl methyl sites for hydroxylation is 1. The molecule has 3 aromatic rings. The molecule has 0 saturated carbocycles. The Labute approximate surface area is 177 Å². The fourth-order valence-electron chi connectivity index (χ4n) is 3.11. The van der Waals surface area contributed by atoms with Gasteiger partial charge in [0, 0.05) is 13.1 Å². The van der Waals surface area contributed by atoms with Gasteiger partial charge in [0.1, 0.15) is 5.75 Å². The summed E-state index contributed by atoms with van der Waals surface area (Å²) < 4.78 is 32.6. The average molecular weight is 427 g/mol. The summed E-state index contributed by atoms with van der Waals surface area (Å²) >= 11 is 0. The zero-order valence-electron chi connectivity index (χ0n) is 17.1. The molecular formula is C23H26N2O4S. The molecule has 0 radical (unpaired) electrons. The van der Waals surface area contributed by atoms with Gasteiger partial charge in [-0.25, -0.2) is 13.1 Å². The number of fused-ring (bicyclic) bond motifs is 1. The fraction of sp³-hybridized carbons (Fsp3) is 0.261. The summed E-state index contributed by atoms with van der Waals surface area (Å²) in [6.45, 7) is 4.29. The van der Waals surface area contributed by atoms with E-state index in [1.807, 2.05) is 49.4 Å². The molecule has 0 aliphatic rings. The van der Waals surface area contributed by atoms with E-state index in [1.54, 1.807) is 19.1 Å². The van der Waals surface area contributed by atoms with Gasteiger partial charge in [-0.05, 0) is 53.4 Å². The van der Waals surface area contributed by atoms with Crippen LogP contribution in [0, 0.1) is 6.92 Å². The second-order valence-corrected chi connectivity index (χ2v) is 8.80. The molecule has 6 nitrogen and oxygen atoms in total. The summed E-state index contributed by atoms with van der Waals surface area (Å²) in [5, 5.41) is 5.10. The first-order valence-electron chi connectivity index (χ1n) is 9.87. The van der Waals surface area contributed by atoms with Crippen molar-refractivity contribution in [3.05, 3.63) is 71.8 Å². The van der Waals surface area contributed by atoms with Crippen molar-refractivity contribution in [2.45, 2.75) is 31.7 Å². The molecule has 2 N–H and O–H groups in total. The van der Waals surface area contributed by atoms with Gasteiger partial charge in [0.2, 0.25) is 10.0 Å². The van der Waals surface area contributed by atoms with Gasteiger partial charge in [-0.3, -0.25) is 4.79 Å². The minimum atomic E-state index is -3.54. The first kappa shape index (κ1) is 21.8. The molecule has 7 heteroatoms. The quantitative estimate of drug-likeness (QED) is 0.548. The molecule has 0 heterocycles. The highest BCUT2D eigenvalue weighted by Crippen LogP contribution is 2.22. The van der Waals surface area contributed by atoms with Crippen LogP contribution in [-0.4, -0.2) is 27.5 Å². The lowest BCUT2D eigenvalue weighted by atomic mass is 10.0. The van der Waals surface area contributed by atoms with Crippen molar-refractivity contribution < 1.29 is 17.9 Å². The van der Waals surface area contributed by atoms with E-state index in [0.717, 1.165) is 16.3 Å². The lowest BCUT2D eigenvalue weighted by Crippen LogP contribution is -2.28. The predicted molar refractivity (Wildman–Crippen MR) is 118 cm³/mol. The summed E-state index contributed by atoms with van der Waals surface area (Å²) in [5.74, 6) is 0.230. The Balaban J connectivity index is 1.58. The summed E-state index contributed by atoms with van der Waals surface area (Å²) in [5.41, 5.74) is 1.68. The van der Waals surface area contributed by atoms with Crippen LogP contribution in [-0.2, 0) is 21.4 Å². The van der Waals surface area contributed by atoms with Crippen molar-refractivity contribution >= 4 is 26.7 Å². The van der Waals surface area contributed by atoms with E-state index in [2.05, 4.69) is 10.0 Å². The van der Waals surface area contributed by atoms with E-state index in [-0.39, 0.29) is 17.4 Å². The van der Waals surface area contributed by atoms with Crippen LogP contribution in [0.5, 0.6) is 5.75 Å². The Morgan fingerprint density at radius 3 is 2.57 bits per heavy atom. The highest BCUT2D eigenvalue weighted by atomic mass is 32.2. The molecule has 0 aliphatic carbocycles. The number of rotatable bonds is 9. The fourth-order valence-corrected chi connectivity index (χ4v) is 4.32. The maximum absolute atomic E-state index is 12.2. The van der Waals surface area contributed by atoms with Crippen molar-refractivity contribution in [1.29, 1.82) is 0 Å². The third kappa shape index (κ3) is 5.37. The van der Waals surface area contributed by atoms with Crippen LogP contribution < -0.4 is 14.8 Å². The minimum absolute atomic E-state index is 0.147. The molecule has 0 bridgehead atoms. The third-order valence-corrected chi connectivity index (χ3v) is 6.17. The van der Waals surface area contributed by atoms with Gasteiger partial charge in [-0.1, -0.05) is 49.4 Å². The Bertz CT molecular complexity index is 1140. The Kier molecular flexibility index (Phi) is 7.07. The largest absolute Gasteiger partial charge is 0.484 e. The van der Waals surface area contributed by atoms with Crippen molar-refractivity contribution in [1.82, 2.24) is 10.0 Å². The first-order valence-corrected chi connectivity index (χ1v) is 11.4. The molecule has 0 aromatic heterocycles. The summed E-state index contributed by atoms with van der Waals surface area (Å²) in [6.07, 6.45) is 0.716. The molecule has 0 fully saturated rings. The van der Waals surface area contributed by atoms with Gasteiger partial charge in [0.05, 0.1) is 4.90 Å². The van der Waals surface area contributed by atoms with E-state index in [4.69, 9.17) is 4.74 Å². The minimum Gasteiger partial charge on any atom is -0.484 e. The van der Waals surface area contributed by atoms with E-state index in [0.29, 0.717) is 30.8 Å². The molecular weight excluding hydrogens is 400 g/mol. The Morgan fingerprint density at radius 2 is 1.80 bits per heavy atom. The molecule has 158 valence electrons. The van der Waals surface area contributed by atoms with Crippen LogP contribution in [0.4, 0.5) is 0 Å². The molecule has 0 saturated heterocycles.